The number of sulfonamides is 1. The van der Waals surface area contributed by atoms with E-state index in [1.807, 2.05) is 12.1 Å². The van der Waals surface area contributed by atoms with E-state index in [1.54, 1.807) is 6.07 Å². The SMILES string of the molecule is CC(C)(C)[Si](C)(C)OCCc1cc(Br)ccc1NS(C)(=O)=O. The quantitative estimate of drug-likeness (QED) is 0.711. The molecule has 1 aromatic rings. The first-order chi connectivity index (χ1) is 9.82. The van der Waals surface area contributed by atoms with Gasteiger partial charge in [0.15, 0.2) is 8.32 Å². The summed E-state index contributed by atoms with van der Waals surface area (Å²) in [6, 6.07) is 5.53. The van der Waals surface area contributed by atoms with Gasteiger partial charge in [-0.05, 0) is 48.3 Å². The molecule has 0 saturated heterocycles. The third-order valence-corrected chi connectivity index (χ3v) is 9.63. The molecule has 4 nitrogen and oxygen atoms in total. The molecular weight excluding hydrogens is 382 g/mol. The van der Waals surface area contributed by atoms with Crippen molar-refractivity contribution in [3.05, 3.63) is 28.2 Å². The standard InChI is InChI=1S/C15H26BrNO3SSi/c1-15(2,3)22(5,6)20-10-9-12-11-13(16)7-8-14(12)17-21(4,18)19/h7-8,11,17H,9-10H2,1-6H3. The van der Waals surface area contributed by atoms with Crippen molar-refractivity contribution in [2.24, 2.45) is 0 Å². The first-order valence-electron chi connectivity index (χ1n) is 7.22. The van der Waals surface area contributed by atoms with Crippen LogP contribution in [-0.4, -0.2) is 29.6 Å². The highest BCUT2D eigenvalue weighted by Crippen LogP contribution is 2.36. The normalized spacial score (nSPS) is 13.2. The Labute approximate surface area is 144 Å². The van der Waals surface area contributed by atoms with Crippen LogP contribution in [0.5, 0.6) is 0 Å². The first kappa shape index (κ1) is 19.7. The van der Waals surface area contributed by atoms with E-state index in [9.17, 15) is 8.42 Å². The zero-order valence-corrected chi connectivity index (χ0v) is 17.6. The Morgan fingerprint density at radius 3 is 2.36 bits per heavy atom. The molecule has 0 unspecified atom stereocenters. The van der Waals surface area contributed by atoms with Crippen LogP contribution in [0.2, 0.25) is 18.1 Å². The van der Waals surface area contributed by atoms with Crippen LogP contribution in [0.25, 0.3) is 0 Å². The summed E-state index contributed by atoms with van der Waals surface area (Å²) < 4.78 is 32.6. The van der Waals surface area contributed by atoms with Gasteiger partial charge in [-0.25, -0.2) is 8.42 Å². The molecule has 0 atom stereocenters. The summed E-state index contributed by atoms with van der Waals surface area (Å²) in [4.78, 5) is 0. The Hall–Kier alpha value is -0.373. The van der Waals surface area contributed by atoms with Crippen LogP contribution in [0.15, 0.2) is 22.7 Å². The van der Waals surface area contributed by atoms with Crippen LogP contribution < -0.4 is 4.72 Å². The van der Waals surface area contributed by atoms with Gasteiger partial charge in [-0.3, -0.25) is 4.72 Å². The molecule has 0 aliphatic carbocycles. The van der Waals surface area contributed by atoms with Crippen LogP contribution in [-0.2, 0) is 20.9 Å². The third kappa shape index (κ3) is 6.02. The summed E-state index contributed by atoms with van der Waals surface area (Å²) in [6.07, 6.45) is 1.83. The van der Waals surface area contributed by atoms with Crippen LogP contribution in [0, 0.1) is 0 Å². The molecule has 1 aromatic carbocycles. The van der Waals surface area contributed by atoms with Gasteiger partial charge in [-0.2, -0.15) is 0 Å². The van der Waals surface area contributed by atoms with E-state index in [2.05, 4.69) is 54.5 Å². The van der Waals surface area contributed by atoms with Crippen LogP contribution >= 0.6 is 15.9 Å². The summed E-state index contributed by atoms with van der Waals surface area (Å²) in [6.45, 7) is 11.6. The van der Waals surface area contributed by atoms with Gasteiger partial charge in [0.05, 0.1) is 11.9 Å². The molecule has 22 heavy (non-hydrogen) atoms. The smallest absolute Gasteiger partial charge is 0.229 e. The molecule has 126 valence electrons. The zero-order valence-electron chi connectivity index (χ0n) is 14.2. The summed E-state index contributed by atoms with van der Waals surface area (Å²) in [5.74, 6) is 0. The van der Waals surface area contributed by atoms with Gasteiger partial charge < -0.3 is 4.43 Å². The molecule has 0 heterocycles. The highest BCUT2D eigenvalue weighted by molar-refractivity contribution is 9.10. The molecular formula is C15H26BrNO3SSi. The van der Waals surface area contributed by atoms with Gasteiger partial charge >= 0.3 is 0 Å². The van der Waals surface area contributed by atoms with Crippen LogP contribution in [0.4, 0.5) is 5.69 Å². The lowest BCUT2D eigenvalue weighted by atomic mass is 10.1. The Kier molecular flexibility index (Phi) is 6.28. The van der Waals surface area contributed by atoms with E-state index < -0.39 is 18.3 Å². The second-order valence-electron chi connectivity index (χ2n) is 7.03. The van der Waals surface area contributed by atoms with Crippen molar-refractivity contribution in [3.63, 3.8) is 0 Å². The Morgan fingerprint density at radius 1 is 1.27 bits per heavy atom. The molecule has 0 saturated carbocycles. The predicted octanol–water partition coefficient (Wildman–Crippen LogP) is 4.38. The van der Waals surface area contributed by atoms with E-state index >= 15 is 0 Å². The van der Waals surface area contributed by atoms with Crippen LogP contribution in [0.3, 0.4) is 0 Å². The number of benzene rings is 1. The number of anilines is 1. The molecule has 0 bridgehead atoms. The maximum absolute atomic E-state index is 11.5. The van der Waals surface area contributed by atoms with Gasteiger partial charge in [-0.15, -0.1) is 0 Å². The molecule has 0 aliphatic heterocycles. The lowest BCUT2D eigenvalue weighted by Gasteiger charge is -2.36. The van der Waals surface area contributed by atoms with Crippen molar-refractivity contribution in [2.75, 3.05) is 17.6 Å². The minimum atomic E-state index is -3.29. The summed E-state index contributed by atoms with van der Waals surface area (Å²) >= 11 is 3.43. The molecule has 0 aliphatic rings. The van der Waals surface area contributed by atoms with E-state index in [0.29, 0.717) is 18.7 Å². The molecule has 1 rings (SSSR count). The molecule has 0 radical (unpaired) electrons. The number of rotatable bonds is 6. The van der Waals surface area contributed by atoms with Crippen molar-refractivity contribution in [1.82, 2.24) is 0 Å². The number of halogens is 1. The third-order valence-electron chi connectivity index (χ3n) is 4.00. The molecule has 7 heteroatoms. The van der Waals surface area contributed by atoms with Crippen molar-refractivity contribution in [2.45, 2.75) is 45.3 Å². The van der Waals surface area contributed by atoms with Gasteiger partial charge in [0.25, 0.3) is 0 Å². The van der Waals surface area contributed by atoms with Gasteiger partial charge in [0.2, 0.25) is 10.0 Å². The van der Waals surface area contributed by atoms with Crippen LogP contribution in [0.1, 0.15) is 26.3 Å². The van der Waals surface area contributed by atoms with Gasteiger partial charge in [0.1, 0.15) is 0 Å². The fourth-order valence-corrected chi connectivity index (χ4v) is 3.75. The number of hydrogen-bond acceptors (Lipinski definition) is 3. The Balaban J connectivity index is 2.83. The van der Waals surface area contributed by atoms with E-state index in [-0.39, 0.29) is 5.04 Å². The fourth-order valence-electron chi connectivity index (χ4n) is 1.70. The highest BCUT2D eigenvalue weighted by Gasteiger charge is 2.36. The summed E-state index contributed by atoms with van der Waals surface area (Å²) in [5, 5.41) is 0.165. The van der Waals surface area contributed by atoms with Crippen molar-refractivity contribution < 1.29 is 12.8 Å². The average Bonchev–Trinajstić information content (AvgIpc) is 2.29. The van der Waals surface area contributed by atoms with Gasteiger partial charge in [0, 0.05) is 11.1 Å². The number of nitrogens with one attached hydrogen (secondary N) is 1. The molecule has 0 amide bonds. The van der Waals surface area contributed by atoms with E-state index in [1.165, 1.54) is 0 Å². The Bertz CT molecular complexity index is 624. The average molecular weight is 408 g/mol. The minimum absolute atomic E-state index is 0.165. The minimum Gasteiger partial charge on any atom is -0.416 e. The maximum atomic E-state index is 11.5. The van der Waals surface area contributed by atoms with E-state index in [4.69, 9.17) is 4.43 Å². The molecule has 0 aromatic heterocycles. The molecule has 0 fully saturated rings. The topological polar surface area (TPSA) is 55.4 Å². The lowest BCUT2D eigenvalue weighted by Crippen LogP contribution is -2.41. The predicted molar refractivity (Wildman–Crippen MR) is 99.5 cm³/mol. The highest BCUT2D eigenvalue weighted by atomic mass is 79.9. The van der Waals surface area contributed by atoms with Gasteiger partial charge in [-0.1, -0.05) is 36.7 Å². The Morgan fingerprint density at radius 2 is 1.86 bits per heavy atom. The second-order valence-corrected chi connectivity index (χ2v) is 14.5. The number of hydrogen-bond donors (Lipinski definition) is 1. The van der Waals surface area contributed by atoms with Crippen molar-refractivity contribution in [3.8, 4) is 0 Å². The fraction of sp³-hybridized carbons (Fsp3) is 0.600. The maximum Gasteiger partial charge on any atom is 0.229 e. The molecule has 0 spiro atoms. The summed E-state index contributed by atoms with van der Waals surface area (Å²) in [7, 11) is -5.07. The molecule has 1 N–H and O–H groups in total. The van der Waals surface area contributed by atoms with E-state index in [0.717, 1.165) is 16.3 Å². The van der Waals surface area contributed by atoms with Crippen molar-refractivity contribution >= 4 is 40.0 Å². The largest absolute Gasteiger partial charge is 0.416 e. The second kappa shape index (κ2) is 7.03. The lowest BCUT2D eigenvalue weighted by molar-refractivity contribution is 0.292. The van der Waals surface area contributed by atoms with Crippen molar-refractivity contribution in [1.29, 1.82) is 0 Å². The summed E-state index contributed by atoms with van der Waals surface area (Å²) in [5.41, 5.74) is 1.54. The monoisotopic (exact) mass is 407 g/mol. The first-order valence-corrected chi connectivity index (χ1v) is 12.8. The zero-order chi connectivity index (χ0) is 17.2.